The summed E-state index contributed by atoms with van der Waals surface area (Å²) in [6.07, 6.45) is 3.31. The third kappa shape index (κ3) is 3.45. The van der Waals surface area contributed by atoms with Gasteiger partial charge < -0.3 is 10.6 Å². The predicted octanol–water partition coefficient (Wildman–Crippen LogP) is 1.51. The average molecular weight is 252 g/mol. The first-order chi connectivity index (χ1) is 8.31. The fourth-order valence-electron chi connectivity index (χ4n) is 3.02. The highest BCUT2D eigenvalue weighted by Gasteiger charge is 2.44. The van der Waals surface area contributed by atoms with E-state index < -0.39 is 0 Å². The van der Waals surface area contributed by atoms with Crippen molar-refractivity contribution in [2.45, 2.75) is 45.6 Å². The highest BCUT2D eigenvalue weighted by molar-refractivity contribution is 5.78. The van der Waals surface area contributed by atoms with Gasteiger partial charge in [0.05, 0.1) is 5.84 Å². The lowest BCUT2D eigenvalue weighted by atomic mass is 10.00. The number of nitrogens with one attached hydrogen (secondary N) is 1. The van der Waals surface area contributed by atoms with Gasteiger partial charge in [-0.2, -0.15) is 0 Å². The van der Waals surface area contributed by atoms with E-state index in [9.17, 15) is 0 Å². The molecule has 1 aliphatic heterocycles. The van der Waals surface area contributed by atoms with Gasteiger partial charge in [0, 0.05) is 44.7 Å². The maximum absolute atomic E-state index is 7.47. The first-order valence-corrected chi connectivity index (χ1v) is 7.11. The smallest absolute Gasteiger partial charge is 0.0911 e. The molecule has 0 amide bonds. The maximum atomic E-state index is 7.47. The number of amidine groups is 1. The number of hydrogen-bond donors (Lipinski definition) is 2. The van der Waals surface area contributed by atoms with Gasteiger partial charge in [-0.15, -0.1) is 0 Å². The molecule has 104 valence electrons. The molecule has 0 radical (unpaired) electrons. The van der Waals surface area contributed by atoms with Crippen LogP contribution in [0.2, 0.25) is 0 Å². The molecule has 2 fully saturated rings. The molecule has 1 saturated heterocycles. The Labute approximate surface area is 111 Å². The summed E-state index contributed by atoms with van der Waals surface area (Å²) in [4.78, 5) is 5.13. The second-order valence-electron chi connectivity index (χ2n) is 7.14. The summed E-state index contributed by atoms with van der Waals surface area (Å²) in [5, 5.41) is 7.47. The minimum Gasteiger partial charge on any atom is -0.388 e. The van der Waals surface area contributed by atoms with E-state index in [1.165, 1.54) is 25.9 Å². The van der Waals surface area contributed by atoms with E-state index in [1.807, 2.05) is 0 Å². The zero-order valence-electron chi connectivity index (χ0n) is 12.1. The van der Waals surface area contributed by atoms with Crippen LogP contribution in [-0.2, 0) is 0 Å². The van der Waals surface area contributed by atoms with Crippen molar-refractivity contribution in [3.05, 3.63) is 0 Å². The molecule has 0 bridgehead atoms. The SMILES string of the molecule is CC(C)(C)N1CCN(CC2(CC(=N)N)CC2)CC1. The van der Waals surface area contributed by atoms with Crippen LogP contribution in [0.25, 0.3) is 0 Å². The minimum absolute atomic E-state index is 0.294. The van der Waals surface area contributed by atoms with Crippen LogP contribution in [0.5, 0.6) is 0 Å². The van der Waals surface area contributed by atoms with Gasteiger partial charge in [0.15, 0.2) is 0 Å². The highest BCUT2D eigenvalue weighted by atomic mass is 15.3. The minimum atomic E-state index is 0.294. The van der Waals surface area contributed by atoms with Crippen LogP contribution in [-0.4, -0.2) is 53.9 Å². The number of rotatable bonds is 4. The van der Waals surface area contributed by atoms with Crippen molar-refractivity contribution < 1.29 is 0 Å². The third-order valence-corrected chi connectivity index (χ3v) is 4.40. The normalized spacial score (nSPS) is 25.1. The Morgan fingerprint density at radius 3 is 2.11 bits per heavy atom. The number of nitrogens with two attached hydrogens (primary N) is 1. The van der Waals surface area contributed by atoms with E-state index in [2.05, 4.69) is 30.6 Å². The molecule has 0 atom stereocenters. The van der Waals surface area contributed by atoms with Crippen LogP contribution in [0.15, 0.2) is 0 Å². The Morgan fingerprint density at radius 1 is 1.17 bits per heavy atom. The standard InChI is InChI=1S/C14H28N4/c1-13(2,3)18-8-6-17(7-9-18)11-14(4-5-14)10-12(15)16/h4-11H2,1-3H3,(H3,15,16). The second kappa shape index (κ2) is 4.82. The molecule has 18 heavy (non-hydrogen) atoms. The molecule has 1 heterocycles. The molecule has 0 aromatic carbocycles. The molecule has 0 aromatic rings. The number of nitrogens with zero attached hydrogens (tertiary/aromatic N) is 2. The summed E-state index contributed by atoms with van der Waals surface area (Å²) >= 11 is 0. The van der Waals surface area contributed by atoms with Gasteiger partial charge in [0.2, 0.25) is 0 Å². The number of piperazine rings is 1. The largest absolute Gasteiger partial charge is 0.388 e. The Hall–Kier alpha value is -0.610. The van der Waals surface area contributed by atoms with Crippen LogP contribution < -0.4 is 5.73 Å². The summed E-state index contributed by atoms with van der Waals surface area (Å²) in [6.45, 7) is 12.7. The average Bonchev–Trinajstić information content (AvgIpc) is 2.96. The van der Waals surface area contributed by atoms with E-state index in [0.29, 0.717) is 16.8 Å². The molecule has 4 nitrogen and oxygen atoms in total. The van der Waals surface area contributed by atoms with Crippen molar-refractivity contribution in [2.24, 2.45) is 11.1 Å². The first kappa shape index (κ1) is 13.8. The Kier molecular flexibility index (Phi) is 3.70. The molecule has 1 saturated carbocycles. The summed E-state index contributed by atoms with van der Waals surface area (Å²) in [6, 6.07) is 0. The van der Waals surface area contributed by atoms with Gasteiger partial charge in [0.25, 0.3) is 0 Å². The third-order valence-electron chi connectivity index (χ3n) is 4.40. The van der Waals surface area contributed by atoms with Crippen molar-refractivity contribution in [3.63, 3.8) is 0 Å². The van der Waals surface area contributed by atoms with Gasteiger partial charge in [-0.3, -0.25) is 10.3 Å². The Bertz CT molecular complexity index is 306. The lowest BCUT2D eigenvalue weighted by Gasteiger charge is -2.43. The summed E-state index contributed by atoms with van der Waals surface area (Å²) in [5.41, 5.74) is 6.21. The van der Waals surface area contributed by atoms with Crippen LogP contribution in [0.1, 0.15) is 40.0 Å². The molecular formula is C14H28N4. The van der Waals surface area contributed by atoms with Crippen molar-refractivity contribution in [3.8, 4) is 0 Å². The van der Waals surface area contributed by atoms with E-state index in [0.717, 1.165) is 26.1 Å². The van der Waals surface area contributed by atoms with Gasteiger partial charge in [-0.05, 0) is 39.0 Å². The summed E-state index contributed by atoms with van der Waals surface area (Å²) in [5.74, 6) is 0.362. The molecule has 4 heteroatoms. The van der Waals surface area contributed by atoms with Gasteiger partial charge >= 0.3 is 0 Å². The van der Waals surface area contributed by atoms with Gasteiger partial charge in [0.1, 0.15) is 0 Å². The lowest BCUT2D eigenvalue weighted by Crippen LogP contribution is -2.54. The first-order valence-electron chi connectivity index (χ1n) is 7.11. The molecule has 1 aliphatic carbocycles. The Morgan fingerprint density at radius 2 is 1.72 bits per heavy atom. The molecule has 0 aromatic heterocycles. The molecule has 0 spiro atoms. The zero-order chi connectivity index (χ0) is 13.4. The predicted molar refractivity (Wildman–Crippen MR) is 76.0 cm³/mol. The maximum Gasteiger partial charge on any atom is 0.0911 e. The van der Waals surface area contributed by atoms with E-state index in [-0.39, 0.29) is 0 Å². The molecule has 0 unspecified atom stereocenters. The van der Waals surface area contributed by atoms with Crippen LogP contribution in [0.3, 0.4) is 0 Å². The molecule has 3 N–H and O–H groups in total. The molecule has 2 aliphatic rings. The van der Waals surface area contributed by atoms with Crippen molar-refractivity contribution in [2.75, 3.05) is 32.7 Å². The van der Waals surface area contributed by atoms with Gasteiger partial charge in [-0.25, -0.2) is 0 Å². The summed E-state index contributed by atoms with van der Waals surface area (Å²) < 4.78 is 0. The number of hydrogen-bond acceptors (Lipinski definition) is 3. The van der Waals surface area contributed by atoms with Crippen molar-refractivity contribution >= 4 is 5.84 Å². The second-order valence-corrected chi connectivity index (χ2v) is 7.14. The van der Waals surface area contributed by atoms with E-state index in [1.54, 1.807) is 0 Å². The fourth-order valence-corrected chi connectivity index (χ4v) is 3.02. The fraction of sp³-hybridized carbons (Fsp3) is 0.929. The monoisotopic (exact) mass is 252 g/mol. The van der Waals surface area contributed by atoms with Gasteiger partial charge in [-0.1, -0.05) is 0 Å². The topological polar surface area (TPSA) is 56.4 Å². The molecule has 2 rings (SSSR count). The van der Waals surface area contributed by atoms with Crippen LogP contribution in [0.4, 0.5) is 0 Å². The molecular weight excluding hydrogens is 224 g/mol. The van der Waals surface area contributed by atoms with Crippen molar-refractivity contribution in [1.29, 1.82) is 5.41 Å². The highest BCUT2D eigenvalue weighted by Crippen LogP contribution is 2.49. The zero-order valence-corrected chi connectivity index (χ0v) is 12.1. The van der Waals surface area contributed by atoms with Crippen LogP contribution in [0, 0.1) is 10.8 Å². The quantitative estimate of drug-likeness (QED) is 0.589. The Balaban J connectivity index is 1.79. The van der Waals surface area contributed by atoms with Crippen molar-refractivity contribution in [1.82, 2.24) is 9.80 Å². The summed E-state index contributed by atoms with van der Waals surface area (Å²) in [7, 11) is 0. The van der Waals surface area contributed by atoms with E-state index in [4.69, 9.17) is 11.1 Å². The van der Waals surface area contributed by atoms with E-state index >= 15 is 0 Å². The van der Waals surface area contributed by atoms with Crippen LogP contribution >= 0.6 is 0 Å². The lowest BCUT2D eigenvalue weighted by molar-refractivity contribution is 0.0536.